The average molecular weight is 348 g/mol. The lowest BCUT2D eigenvalue weighted by Crippen LogP contribution is -2.45. The lowest BCUT2D eigenvalue weighted by molar-refractivity contribution is -0.131. The minimum Gasteiger partial charge on any atom is -0.490 e. The second kappa shape index (κ2) is 8.17. The SMILES string of the molecule is Cc1ccccc1OC[C@H](O)C(=O)NCC1(CN2CCOCC2)CC1. The number of benzene rings is 1. The minimum absolute atomic E-state index is 0.0346. The van der Waals surface area contributed by atoms with E-state index in [4.69, 9.17) is 9.47 Å². The van der Waals surface area contributed by atoms with Crippen molar-refractivity contribution in [3.63, 3.8) is 0 Å². The van der Waals surface area contributed by atoms with Gasteiger partial charge in [0.05, 0.1) is 13.2 Å². The number of rotatable bonds is 8. The van der Waals surface area contributed by atoms with Crippen molar-refractivity contribution in [2.75, 3.05) is 46.0 Å². The van der Waals surface area contributed by atoms with Gasteiger partial charge in [-0.25, -0.2) is 0 Å². The van der Waals surface area contributed by atoms with Gasteiger partial charge in [0, 0.05) is 31.6 Å². The number of para-hydroxylation sites is 1. The summed E-state index contributed by atoms with van der Waals surface area (Å²) < 4.78 is 10.9. The predicted octanol–water partition coefficient (Wildman–Crippen LogP) is 0.963. The van der Waals surface area contributed by atoms with Crippen molar-refractivity contribution in [2.24, 2.45) is 5.41 Å². The van der Waals surface area contributed by atoms with Crippen molar-refractivity contribution in [1.82, 2.24) is 10.2 Å². The summed E-state index contributed by atoms with van der Waals surface area (Å²) in [6.45, 7) is 7.01. The first kappa shape index (κ1) is 18.2. The molecule has 1 saturated heterocycles. The van der Waals surface area contributed by atoms with E-state index in [-0.39, 0.29) is 17.9 Å². The van der Waals surface area contributed by atoms with Gasteiger partial charge in [0.1, 0.15) is 12.4 Å². The molecule has 0 spiro atoms. The summed E-state index contributed by atoms with van der Waals surface area (Å²) in [6.07, 6.45) is 1.10. The van der Waals surface area contributed by atoms with Crippen LogP contribution in [-0.4, -0.2) is 68.0 Å². The predicted molar refractivity (Wildman–Crippen MR) is 94.6 cm³/mol. The third kappa shape index (κ3) is 5.17. The van der Waals surface area contributed by atoms with Gasteiger partial charge in [0.25, 0.3) is 5.91 Å². The molecule has 0 aromatic heterocycles. The molecule has 2 aliphatic rings. The standard InChI is InChI=1S/C19H28N2O4/c1-15-4-2-3-5-17(15)25-12-16(22)18(23)20-13-19(6-7-19)14-21-8-10-24-11-9-21/h2-5,16,22H,6-14H2,1H3,(H,20,23)/t16-/m0/s1. The fraction of sp³-hybridized carbons (Fsp3) is 0.632. The smallest absolute Gasteiger partial charge is 0.252 e. The summed E-state index contributed by atoms with van der Waals surface area (Å²) in [5.41, 5.74) is 1.15. The van der Waals surface area contributed by atoms with E-state index in [0.29, 0.717) is 12.3 Å². The lowest BCUT2D eigenvalue weighted by Gasteiger charge is -2.30. The average Bonchev–Trinajstić information content (AvgIpc) is 3.39. The highest BCUT2D eigenvalue weighted by Gasteiger charge is 2.44. The molecule has 6 heteroatoms. The molecule has 1 atom stereocenters. The van der Waals surface area contributed by atoms with E-state index in [9.17, 15) is 9.90 Å². The molecule has 1 aromatic rings. The molecule has 25 heavy (non-hydrogen) atoms. The molecule has 1 heterocycles. The van der Waals surface area contributed by atoms with Crippen LogP contribution < -0.4 is 10.1 Å². The number of ether oxygens (including phenoxy) is 2. The first-order valence-electron chi connectivity index (χ1n) is 9.02. The van der Waals surface area contributed by atoms with Crippen molar-refractivity contribution in [2.45, 2.75) is 25.9 Å². The summed E-state index contributed by atoms with van der Waals surface area (Å²) in [6, 6.07) is 7.57. The van der Waals surface area contributed by atoms with Crippen molar-refractivity contribution in [3.05, 3.63) is 29.8 Å². The highest BCUT2D eigenvalue weighted by molar-refractivity contribution is 5.80. The molecule has 138 valence electrons. The number of morpholine rings is 1. The maximum atomic E-state index is 12.1. The summed E-state index contributed by atoms with van der Waals surface area (Å²) in [5.74, 6) is 0.335. The molecule has 1 aliphatic carbocycles. The van der Waals surface area contributed by atoms with E-state index in [1.165, 1.54) is 0 Å². The molecule has 2 N–H and O–H groups in total. The fourth-order valence-electron chi connectivity index (χ4n) is 3.16. The van der Waals surface area contributed by atoms with Gasteiger partial charge < -0.3 is 19.9 Å². The zero-order valence-electron chi connectivity index (χ0n) is 14.9. The van der Waals surface area contributed by atoms with E-state index >= 15 is 0 Å². The Balaban J connectivity index is 1.40. The number of nitrogens with one attached hydrogen (secondary N) is 1. The Bertz CT molecular complexity index is 583. The molecule has 0 radical (unpaired) electrons. The van der Waals surface area contributed by atoms with Crippen LogP contribution in [0.15, 0.2) is 24.3 Å². The Hall–Kier alpha value is -1.63. The molecule has 0 bridgehead atoms. The summed E-state index contributed by atoms with van der Waals surface area (Å²) in [7, 11) is 0. The third-order valence-electron chi connectivity index (χ3n) is 5.05. The number of aliphatic hydroxyl groups is 1. The van der Waals surface area contributed by atoms with Crippen LogP contribution in [-0.2, 0) is 9.53 Å². The number of nitrogens with zero attached hydrogens (tertiary/aromatic N) is 1. The lowest BCUT2D eigenvalue weighted by atomic mass is 10.1. The monoisotopic (exact) mass is 348 g/mol. The normalized spacial score (nSPS) is 20.7. The minimum atomic E-state index is -1.15. The summed E-state index contributed by atoms with van der Waals surface area (Å²) >= 11 is 0. The number of carbonyl (C=O) groups is 1. The van der Waals surface area contributed by atoms with Crippen LogP contribution in [0.3, 0.4) is 0 Å². The van der Waals surface area contributed by atoms with Gasteiger partial charge in [-0.3, -0.25) is 9.69 Å². The van der Waals surface area contributed by atoms with Crippen LogP contribution in [0.1, 0.15) is 18.4 Å². The molecule has 1 amide bonds. The van der Waals surface area contributed by atoms with E-state index in [2.05, 4.69) is 10.2 Å². The third-order valence-corrected chi connectivity index (χ3v) is 5.05. The fourth-order valence-corrected chi connectivity index (χ4v) is 3.16. The summed E-state index contributed by atoms with van der Waals surface area (Å²) in [4.78, 5) is 14.5. The molecule has 1 aliphatic heterocycles. The van der Waals surface area contributed by atoms with Crippen molar-refractivity contribution >= 4 is 5.91 Å². The Morgan fingerprint density at radius 2 is 2.08 bits per heavy atom. The molecule has 0 unspecified atom stereocenters. The Morgan fingerprint density at radius 3 is 2.76 bits per heavy atom. The molecule has 2 fully saturated rings. The van der Waals surface area contributed by atoms with Crippen LogP contribution in [0.2, 0.25) is 0 Å². The zero-order chi connectivity index (χ0) is 17.7. The molecule has 6 nitrogen and oxygen atoms in total. The number of hydrogen-bond acceptors (Lipinski definition) is 5. The zero-order valence-corrected chi connectivity index (χ0v) is 14.9. The topological polar surface area (TPSA) is 71.0 Å². The van der Waals surface area contributed by atoms with Crippen molar-refractivity contribution in [3.8, 4) is 5.75 Å². The van der Waals surface area contributed by atoms with E-state index in [1.807, 2.05) is 31.2 Å². The molecule has 1 saturated carbocycles. The number of hydrogen-bond donors (Lipinski definition) is 2. The van der Waals surface area contributed by atoms with Gasteiger partial charge in [-0.05, 0) is 31.4 Å². The van der Waals surface area contributed by atoms with E-state index in [1.54, 1.807) is 0 Å². The number of carbonyl (C=O) groups excluding carboxylic acids is 1. The molecule has 1 aromatic carbocycles. The van der Waals surface area contributed by atoms with Crippen LogP contribution >= 0.6 is 0 Å². The summed E-state index contributed by atoms with van der Waals surface area (Å²) in [5, 5.41) is 12.9. The number of aliphatic hydroxyl groups excluding tert-OH is 1. The maximum Gasteiger partial charge on any atom is 0.252 e. The Kier molecular flexibility index (Phi) is 5.93. The Morgan fingerprint density at radius 1 is 1.36 bits per heavy atom. The second-order valence-electron chi connectivity index (χ2n) is 7.20. The first-order chi connectivity index (χ1) is 12.1. The van der Waals surface area contributed by atoms with Gasteiger partial charge in [-0.15, -0.1) is 0 Å². The van der Waals surface area contributed by atoms with Crippen molar-refractivity contribution in [1.29, 1.82) is 0 Å². The largest absolute Gasteiger partial charge is 0.490 e. The van der Waals surface area contributed by atoms with Crippen LogP contribution in [0.5, 0.6) is 5.75 Å². The van der Waals surface area contributed by atoms with Gasteiger partial charge in [-0.2, -0.15) is 0 Å². The van der Waals surface area contributed by atoms with E-state index < -0.39 is 6.10 Å². The molecular weight excluding hydrogens is 320 g/mol. The first-order valence-corrected chi connectivity index (χ1v) is 9.02. The van der Waals surface area contributed by atoms with Gasteiger partial charge in [0.2, 0.25) is 0 Å². The van der Waals surface area contributed by atoms with Crippen LogP contribution in [0, 0.1) is 12.3 Å². The van der Waals surface area contributed by atoms with Gasteiger partial charge >= 0.3 is 0 Å². The molecular formula is C19H28N2O4. The van der Waals surface area contributed by atoms with Gasteiger partial charge in [-0.1, -0.05) is 18.2 Å². The maximum absolute atomic E-state index is 12.1. The Labute approximate surface area is 149 Å². The highest BCUT2D eigenvalue weighted by Crippen LogP contribution is 2.45. The second-order valence-corrected chi connectivity index (χ2v) is 7.20. The van der Waals surface area contributed by atoms with E-state index in [0.717, 1.165) is 51.3 Å². The van der Waals surface area contributed by atoms with Gasteiger partial charge in [0.15, 0.2) is 6.10 Å². The highest BCUT2D eigenvalue weighted by atomic mass is 16.5. The quantitative estimate of drug-likeness (QED) is 0.732. The number of amides is 1. The van der Waals surface area contributed by atoms with Crippen LogP contribution in [0.25, 0.3) is 0 Å². The van der Waals surface area contributed by atoms with Crippen molar-refractivity contribution < 1.29 is 19.4 Å². The molecule has 3 rings (SSSR count). The van der Waals surface area contributed by atoms with Crippen LogP contribution in [0.4, 0.5) is 0 Å². The number of aryl methyl sites for hydroxylation is 1.